The maximum Gasteiger partial charge on any atom is 0.337 e. The second-order valence-corrected chi connectivity index (χ2v) is 4.74. The first kappa shape index (κ1) is 14.4. The number of hydrogen-bond donors (Lipinski definition) is 2. The molecule has 0 aliphatic rings. The molecule has 100 valence electrons. The van der Waals surface area contributed by atoms with E-state index in [0.29, 0.717) is 0 Å². The zero-order chi connectivity index (χ0) is 13.9. The van der Waals surface area contributed by atoms with Crippen LogP contribution in [0.3, 0.4) is 0 Å². The number of carbonyl (C=O) groups excluding carboxylic acids is 1. The topological polar surface area (TPSA) is 110 Å². The lowest BCUT2D eigenvalue weighted by atomic mass is 10.2. The molecule has 1 unspecified atom stereocenters. The van der Waals surface area contributed by atoms with Gasteiger partial charge in [-0.1, -0.05) is 0 Å². The van der Waals surface area contributed by atoms with Gasteiger partial charge in [-0.25, -0.2) is 4.79 Å². The van der Waals surface area contributed by atoms with E-state index in [1.54, 1.807) is 0 Å². The summed E-state index contributed by atoms with van der Waals surface area (Å²) in [5, 5.41) is 9.03. The summed E-state index contributed by atoms with van der Waals surface area (Å²) in [6.07, 6.45) is -1.27. The zero-order valence-corrected chi connectivity index (χ0v) is 10.5. The molecular weight excluding hydrogens is 264 g/mol. The Morgan fingerprint density at radius 3 is 2.44 bits per heavy atom. The van der Waals surface area contributed by atoms with E-state index < -0.39 is 27.3 Å². The maximum atomic E-state index is 11.2. The molecule has 0 saturated carbocycles. The molecule has 1 aromatic rings. The van der Waals surface area contributed by atoms with Crippen molar-refractivity contribution in [2.45, 2.75) is 18.1 Å². The number of esters is 1. The molecule has 0 aliphatic heterocycles. The van der Waals surface area contributed by atoms with Gasteiger partial charge in [0.25, 0.3) is 10.1 Å². The molecule has 18 heavy (non-hydrogen) atoms. The molecule has 0 aliphatic carbocycles. The van der Waals surface area contributed by atoms with Crippen LogP contribution in [0, 0.1) is 0 Å². The highest BCUT2D eigenvalue weighted by molar-refractivity contribution is 7.86. The predicted molar refractivity (Wildman–Crippen MR) is 59.9 cm³/mol. The van der Waals surface area contributed by atoms with Gasteiger partial charge < -0.3 is 14.6 Å². The van der Waals surface area contributed by atoms with E-state index >= 15 is 0 Å². The van der Waals surface area contributed by atoms with Crippen LogP contribution < -0.4 is 4.74 Å². The molecule has 0 fully saturated rings. The highest BCUT2D eigenvalue weighted by atomic mass is 32.2. The van der Waals surface area contributed by atoms with E-state index in [-0.39, 0.29) is 11.3 Å². The van der Waals surface area contributed by atoms with Crippen LogP contribution in [0.4, 0.5) is 0 Å². The molecule has 1 rings (SSSR count). The van der Waals surface area contributed by atoms with Crippen LogP contribution >= 0.6 is 0 Å². The van der Waals surface area contributed by atoms with Crippen molar-refractivity contribution >= 4 is 16.1 Å². The molecule has 0 heterocycles. The van der Waals surface area contributed by atoms with Gasteiger partial charge in [0, 0.05) is 0 Å². The molecule has 0 spiro atoms. The Morgan fingerprint density at radius 1 is 1.39 bits per heavy atom. The van der Waals surface area contributed by atoms with Crippen LogP contribution in [0.5, 0.6) is 5.75 Å². The molecule has 2 N–H and O–H groups in total. The SMILES string of the molecule is COC(=O)c1ccc(OC(C)O)c(S(=O)(=O)O)c1. The van der Waals surface area contributed by atoms with Crippen LogP contribution in [0.25, 0.3) is 0 Å². The monoisotopic (exact) mass is 276 g/mol. The van der Waals surface area contributed by atoms with Crippen molar-refractivity contribution in [2.75, 3.05) is 7.11 Å². The fourth-order valence-electron chi connectivity index (χ4n) is 1.24. The van der Waals surface area contributed by atoms with Gasteiger partial charge in [0.1, 0.15) is 10.6 Å². The fraction of sp³-hybridized carbons (Fsp3) is 0.300. The lowest BCUT2D eigenvalue weighted by Gasteiger charge is -2.12. The average Bonchev–Trinajstić information content (AvgIpc) is 2.26. The van der Waals surface area contributed by atoms with Crippen molar-refractivity contribution in [1.82, 2.24) is 0 Å². The summed E-state index contributed by atoms with van der Waals surface area (Å²) in [5.41, 5.74) is -0.0666. The van der Waals surface area contributed by atoms with Crippen LogP contribution in [0.2, 0.25) is 0 Å². The Kier molecular flexibility index (Phi) is 4.28. The first-order valence-corrected chi connectivity index (χ1v) is 6.24. The second-order valence-electron chi connectivity index (χ2n) is 3.35. The minimum atomic E-state index is -4.59. The van der Waals surface area contributed by atoms with Gasteiger partial charge in [-0.3, -0.25) is 4.55 Å². The molecule has 7 nitrogen and oxygen atoms in total. The third-order valence-electron chi connectivity index (χ3n) is 1.94. The van der Waals surface area contributed by atoms with Gasteiger partial charge in [0.05, 0.1) is 12.7 Å². The van der Waals surface area contributed by atoms with Crippen molar-refractivity contribution in [1.29, 1.82) is 0 Å². The Labute approximate surface area is 104 Å². The summed E-state index contributed by atoms with van der Waals surface area (Å²) in [5.74, 6) is -1.02. The fourth-order valence-corrected chi connectivity index (χ4v) is 1.88. The molecule has 0 aromatic heterocycles. The number of aliphatic hydroxyl groups is 1. The Bertz CT molecular complexity index is 547. The van der Waals surface area contributed by atoms with Gasteiger partial charge >= 0.3 is 5.97 Å². The summed E-state index contributed by atoms with van der Waals surface area (Å²) in [7, 11) is -3.45. The summed E-state index contributed by atoms with van der Waals surface area (Å²) in [6, 6.07) is 3.29. The first-order valence-electron chi connectivity index (χ1n) is 4.80. The van der Waals surface area contributed by atoms with Crippen LogP contribution in [0.1, 0.15) is 17.3 Å². The van der Waals surface area contributed by atoms with Gasteiger partial charge in [0.15, 0.2) is 6.29 Å². The average molecular weight is 276 g/mol. The van der Waals surface area contributed by atoms with E-state index in [0.717, 1.165) is 19.2 Å². The van der Waals surface area contributed by atoms with E-state index in [9.17, 15) is 13.2 Å². The van der Waals surface area contributed by atoms with Gasteiger partial charge in [-0.05, 0) is 25.1 Å². The van der Waals surface area contributed by atoms with Gasteiger partial charge in [-0.15, -0.1) is 0 Å². The lowest BCUT2D eigenvalue weighted by molar-refractivity contribution is -0.00253. The predicted octanol–water partition coefficient (Wildman–Crippen LogP) is 0.437. The highest BCUT2D eigenvalue weighted by Crippen LogP contribution is 2.26. The third kappa shape index (κ3) is 3.42. The Balaban J connectivity index is 3.34. The minimum Gasteiger partial charge on any atom is -0.465 e. The molecular formula is C10H12O7S. The van der Waals surface area contributed by atoms with Gasteiger partial charge in [0.2, 0.25) is 0 Å². The number of hydrogen-bond acceptors (Lipinski definition) is 6. The van der Waals surface area contributed by atoms with Crippen molar-refractivity contribution in [3.8, 4) is 5.75 Å². The lowest BCUT2D eigenvalue weighted by Crippen LogP contribution is -2.13. The minimum absolute atomic E-state index is 0.0666. The summed E-state index contributed by atoms with van der Waals surface area (Å²) >= 11 is 0. The van der Waals surface area contributed by atoms with Gasteiger partial charge in [-0.2, -0.15) is 8.42 Å². The molecule has 8 heteroatoms. The Hall–Kier alpha value is -1.64. The number of ether oxygens (including phenoxy) is 2. The molecule has 0 saturated heterocycles. The van der Waals surface area contributed by atoms with Crippen molar-refractivity contribution < 1.29 is 32.3 Å². The molecule has 0 radical (unpaired) electrons. The number of carbonyl (C=O) groups is 1. The summed E-state index contributed by atoms with van der Waals surface area (Å²) < 4.78 is 40.5. The number of methoxy groups -OCH3 is 1. The van der Waals surface area contributed by atoms with Crippen molar-refractivity contribution in [3.63, 3.8) is 0 Å². The van der Waals surface area contributed by atoms with Crippen LogP contribution in [0.15, 0.2) is 23.1 Å². The number of rotatable bonds is 4. The zero-order valence-electron chi connectivity index (χ0n) is 9.65. The molecule has 1 aromatic carbocycles. The van der Waals surface area contributed by atoms with E-state index in [1.165, 1.54) is 13.0 Å². The largest absolute Gasteiger partial charge is 0.465 e. The van der Waals surface area contributed by atoms with Crippen molar-refractivity contribution in [3.05, 3.63) is 23.8 Å². The standard InChI is InChI=1S/C10H12O7S/c1-6(11)17-8-4-3-7(10(12)16-2)5-9(8)18(13,14)15/h3-6,11H,1-2H3,(H,13,14,15). The summed E-state index contributed by atoms with van der Waals surface area (Å²) in [6.45, 7) is 1.27. The smallest absolute Gasteiger partial charge is 0.337 e. The second kappa shape index (κ2) is 5.34. The number of aliphatic hydroxyl groups excluding tert-OH is 1. The summed E-state index contributed by atoms with van der Waals surface area (Å²) in [4.78, 5) is 10.6. The maximum absolute atomic E-state index is 11.2. The first-order chi connectivity index (χ1) is 8.25. The quantitative estimate of drug-likeness (QED) is 0.466. The van der Waals surface area contributed by atoms with Crippen molar-refractivity contribution in [2.24, 2.45) is 0 Å². The van der Waals surface area contributed by atoms with E-state index in [4.69, 9.17) is 14.4 Å². The molecule has 1 atom stereocenters. The third-order valence-corrected chi connectivity index (χ3v) is 2.82. The molecule has 0 amide bonds. The highest BCUT2D eigenvalue weighted by Gasteiger charge is 2.20. The Morgan fingerprint density at radius 2 is 2.00 bits per heavy atom. The van der Waals surface area contributed by atoms with E-state index in [2.05, 4.69) is 4.74 Å². The molecule has 0 bridgehead atoms. The number of benzene rings is 1. The van der Waals surface area contributed by atoms with Crippen LogP contribution in [-0.4, -0.2) is 37.4 Å². The normalized spacial score (nSPS) is 12.9. The van der Waals surface area contributed by atoms with E-state index in [1.807, 2.05) is 0 Å². The van der Waals surface area contributed by atoms with Crippen LogP contribution in [-0.2, 0) is 14.9 Å².